The maximum atomic E-state index is 12.8. The molecule has 150 valence electrons. The molecule has 1 aromatic heterocycles. The van der Waals surface area contributed by atoms with Crippen LogP contribution >= 0.6 is 0 Å². The fourth-order valence-electron chi connectivity index (χ4n) is 3.92. The van der Waals surface area contributed by atoms with E-state index in [0.717, 1.165) is 22.3 Å². The largest absolute Gasteiger partial charge is 0.440 e. The van der Waals surface area contributed by atoms with E-state index in [1.807, 2.05) is 60.7 Å². The van der Waals surface area contributed by atoms with Crippen molar-refractivity contribution in [3.8, 4) is 22.3 Å². The van der Waals surface area contributed by atoms with E-state index < -0.39 is 0 Å². The second kappa shape index (κ2) is 7.69. The summed E-state index contributed by atoms with van der Waals surface area (Å²) in [6, 6.07) is 23.2. The lowest BCUT2D eigenvalue weighted by Gasteiger charge is -2.27. The quantitative estimate of drug-likeness (QED) is 0.513. The van der Waals surface area contributed by atoms with Crippen molar-refractivity contribution in [1.29, 1.82) is 0 Å². The van der Waals surface area contributed by atoms with Crippen molar-refractivity contribution in [1.82, 2.24) is 0 Å². The van der Waals surface area contributed by atoms with Crippen LogP contribution in [0.25, 0.3) is 33.2 Å². The average Bonchev–Trinajstić information content (AvgIpc) is 2.80. The molecule has 0 spiro atoms. The Labute approximate surface area is 174 Å². The first-order valence-electron chi connectivity index (χ1n) is 10.1. The van der Waals surface area contributed by atoms with Crippen LogP contribution in [-0.2, 0) is 4.74 Å². The van der Waals surface area contributed by atoms with Gasteiger partial charge in [-0.25, -0.2) is 0 Å². The fraction of sp³-hybridized carbons (Fsp3) is 0.160. The predicted octanol–water partition coefficient (Wildman–Crippen LogP) is 4.55. The van der Waals surface area contributed by atoms with Crippen molar-refractivity contribution in [2.45, 2.75) is 0 Å². The standard InChI is InChI=1S/C25H22N2O3/c26-22-10-9-18(15-21(22)17-5-2-1-3-6-17)19-7-4-8-20-23(28)16-24(30-25(19)20)27-11-13-29-14-12-27/h1-10,15-16H,11-14,26H2. The van der Waals surface area contributed by atoms with E-state index in [1.54, 1.807) is 6.07 Å². The van der Waals surface area contributed by atoms with Crippen LogP contribution in [-0.4, -0.2) is 26.3 Å². The first-order valence-corrected chi connectivity index (χ1v) is 10.1. The molecule has 0 saturated carbocycles. The normalized spacial score (nSPS) is 14.2. The van der Waals surface area contributed by atoms with E-state index in [4.69, 9.17) is 14.9 Å². The molecule has 1 saturated heterocycles. The summed E-state index contributed by atoms with van der Waals surface area (Å²) < 4.78 is 11.7. The SMILES string of the molecule is Nc1ccc(-c2cccc3c(=O)cc(N4CCOCC4)oc23)cc1-c1ccccc1. The number of para-hydroxylation sites is 1. The van der Waals surface area contributed by atoms with Gasteiger partial charge in [0.2, 0.25) is 0 Å². The van der Waals surface area contributed by atoms with Crippen molar-refractivity contribution < 1.29 is 9.15 Å². The van der Waals surface area contributed by atoms with Crippen LogP contribution in [0, 0.1) is 0 Å². The summed E-state index contributed by atoms with van der Waals surface area (Å²) >= 11 is 0. The Hall–Kier alpha value is -3.57. The van der Waals surface area contributed by atoms with Gasteiger partial charge in [-0.15, -0.1) is 0 Å². The van der Waals surface area contributed by atoms with Gasteiger partial charge in [0.15, 0.2) is 11.3 Å². The van der Waals surface area contributed by atoms with E-state index in [9.17, 15) is 4.79 Å². The number of hydrogen-bond donors (Lipinski definition) is 1. The first-order chi connectivity index (χ1) is 14.7. The molecule has 1 aliphatic rings. The summed E-state index contributed by atoms with van der Waals surface area (Å²) in [7, 11) is 0. The number of nitrogen functional groups attached to an aromatic ring is 1. The molecule has 4 aromatic rings. The Morgan fingerprint density at radius 1 is 0.800 bits per heavy atom. The summed E-state index contributed by atoms with van der Waals surface area (Å²) in [5.74, 6) is 0.585. The van der Waals surface area contributed by atoms with Crippen molar-refractivity contribution >= 4 is 22.5 Å². The van der Waals surface area contributed by atoms with E-state index in [2.05, 4.69) is 11.0 Å². The van der Waals surface area contributed by atoms with Crippen molar-refractivity contribution in [3.05, 3.63) is 83.0 Å². The molecule has 2 N–H and O–H groups in total. The lowest BCUT2D eigenvalue weighted by atomic mass is 9.96. The zero-order valence-corrected chi connectivity index (χ0v) is 16.5. The number of nitrogens with two attached hydrogens (primary N) is 1. The molecule has 0 amide bonds. The molecule has 30 heavy (non-hydrogen) atoms. The van der Waals surface area contributed by atoms with Crippen LogP contribution in [0.3, 0.4) is 0 Å². The van der Waals surface area contributed by atoms with E-state index in [0.29, 0.717) is 48.8 Å². The van der Waals surface area contributed by atoms with Crippen LogP contribution in [0.4, 0.5) is 11.6 Å². The molecule has 3 aromatic carbocycles. The average molecular weight is 398 g/mol. The summed E-state index contributed by atoms with van der Waals surface area (Å²) in [5, 5.41) is 0.572. The summed E-state index contributed by atoms with van der Waals surface area (Å²) in [5.41, 5.74) is 11.4. The zero-order chi connectivity index (χ0) is 20.5. The van der Waals surface area contributed by atoms with E-state index >= 15 is 0 Å². The molecular formula is C25H22N2O3. The van der Waals surface area contributed by atoms with Gasteiger partial charge in [-0.1, -0.05) is 48.5 Å². The second-order valence-electron chi connectivity index (χ2n) is 7.40. The minimum Gasteiger partial charge on any atom is -0.440 e. The number of morpholine rings is 1. The maximum Gasteiger partial charge on any atom is 0.200 e. The van der Waals surface area contributed by atoms with E-state index in [-0.39, 0.29) is 5.43 Å². The zero-order valence-electron chi connectivity index (χ0n) is 16.5. The topological polar surface area (TPSA) is 68.7 Å². The Kier molecular flexibility index (Phi) is 4.73. The fourth-order valence-corrected chi connectivity index (χ4v) is 3.92. The van der Waals surface area contributed by atoms with Crippen LogP contribution in [0.15, 0.2) is 82.0 Å². The molecule has 0 unspecified atom stereocenters. The Morgan fingerprint density at radius 2 is 1.60 bits per heavy atom. The van der Waals surface area contributed by atoms with Gasteiger partial charge in [0.05, 0.1) is 18.6 Å². The van der Waals surface area contributed by atoms with Gasteiger partial charge in [0, 0.05) is 36.0 Å². The van der Waals surface area contributed by atoms with Gasteiger partial charge in [-0.3, -0.25) is 4.79 Å². The number of benzene rings is 3. The number of ether oxygens (including phenoxy) is 1. The molecule has 2 heterocycles. The number of anilines is 2. The van der Waals surface area contributed by atoms with Crippen LogP contribution in [0.5, 0.6) is 0 Å². The highest BCUT2D eigenvalue weighted by Gasteiger charge is 2.17. The van der Waals surface area contributed by atoms with Gasteiger partial charge in [-0.05, 0) is 29.3 Å². The number of fused-ring (bicyclic) bond motifs is 1. The predicted molar refractivity (Wildman–Crippen MR) is 121 cm³/mol. The molecule has 0 atom stereocenters. The molecule has 5 rings (SSSR count). The third-order valence-corrected chi connectivity index (χ3v) is 5.51. The maximum absolute atomic E-state index is 12.8. The summed E-state index contributed by atoms with van der Waals surface area (Å²) in [6.07, 6.45) is 0. The molecule has 0 bridgehead atoms. The van der Waals surface area contributed by atoms with Crippen LogP contribution < -0.4 is 16.1 Å². The minimum atomic E-state index is -0.0432. The summed E-state index contributed by atoms with van der Waals surface area (Å²) in [6.45, 7) is 2.66. The number of hydrogen-bond acceptors (Lipinski definition) is 5. The molecule has 5 heteroatoms. The Morgan fingerprint density at radius 3 is 2.40 bits per heavy atom. The van der Waals surface area contributed by atoms with Gasteiger partial charge < -0.3 is 19.8 Å². The van der Waals surface area contributed by atoms with Crippen LogP contribution in [0.1, 0.15) is 0 Å². The second-order valence-corrected chi connectivity index (χ2v) is 7.40. The van der Waals surface area contributed by atoms with E-state index in [1.165, 1.54) is 0 Å². The van der Waals surface area contributed by atoms with Gasteiger partial charge in [0.25, 0.3) is 0 Å². The first kappa shape index (κ1) is 18.5. The van der Waals surface area contributed by atoms with Gasteiger partial charge in [-0.2, -0.15) is 0 Å². The molecular weight excluding hydrogens is 376 g/mol. The lowest BCUT2D eigenvalue weighted by Crippen LogP contribution is -2.36. The highest BCUT2D eigenvalue weighted by Crippen LogP contribution is 2.35. The monoisotopic (exact) mass is 398 g/mol. The molecule has 0 aliphatic carbocycles. The smallest absolute Gasteiger partial charge is 0.200 e. The highest BCUT2D eigenvalue weighted by atomic mass is 16.5. The van der Waals surface area contributed by atoms with Gasteiger partial charge in [0.1, 0.15) is 5.58 Å². The third kappa shape index (κ3) is 3.33. The van der Waals surface area contributed by atoms with Crippen molar-refractivity contribution in [2.24, 2.45) is 0 Å². The lowest BCUT2D eigenvalue weighted by molar-refractivity contribution is 0.121. The minimum absolute atomic E-state index is 0.0432. The Bertz CT molecular complexity index is 1260. The molecule has 0 radical (unpaired) electrons. The van der Waals surface area contributed by atoms with Crippen LogP contribution in [0.2, 0.25) is 0 Å². The van der Waals surface area contributed by atoms with Gasteiger partial charge >= 0.3 is 0 Å². The molecule has 1 aliphatic heterocycles. The Balaban J connectivity index is 1.68. The van der Waals surface area contributed by atoms with Crippen molar-refractivity contribution in [3.63, 3.8) is 0 Å². The van der Waals surface area contributed by atoms with Crippen molar-refractivity contribution in [2.75, 3.05) is 36.9 Å². The molecule has 5 nitrogen and oxygen atoms in total. The number of rotatable bonds is 3. The highest BCUT2D eigenvalue weighted by molar-refractivity contribution is 5.94. The number of nitrogens with zero attached hydrogens (tertiary/aromatic N) is 1. The summed E-state index contributed by atoms with van der Waals surface area (Å²) in [4.78, 5) is 14.9. The molecule has 1 fully saturated rings. The third-order valence-electron chi connectivity index (χ3n) is 5.51.